The number of hydrogen-bond acceptors (Lipinski definition) is 3. The summed E-state index contributed by atoms with van der Waals surface area (Å²) in [5, 5.41) is 0. The average Bonchev–Trinajstić information content (AvgIpc) is 3.18. The summed E-state index contributed by atoms with van der Waals surface area (Å²) in [5.74, 6) is 2.62. The number of nitrogens with zero attached hydrogens (tertiary/aromatic N) is 2. The van der Waals surface area contributed by atoms with Crippen molar-refractivity contribution < 1.29 is 9.21 Å². The molecule has 0 N–H and O–H groups in total. The molecule has 0 bridgehead atoms. The maximum atomic E-state index is 12.6. The Hall–Kier alpha value is -1.29. The first-order chi connectivity index (χ1) is 9.63. The summed E-state index contributed by atoms with van der Waals surface area (Å²) in [6, 6.07) is 1.87. The van der Waals surface area contributed by atoms with Gasteiger partial charge in [-0.3, -0.25) is 4.79 Å². The number of amides is 1. The quantitative estimate of drug-likeness (QED) is 0.851. The third kappa shape index (κ3) is 3.06. The van der Waals surface area contributed by atoms with Crippen LogP contribution in [0.25, 0.3) is 0 Å². The molecule has 20 heavy (non-hydrogen) atoms. The average molecular weight is 276 g/mol. The highest BCUT2D eigenvalue weighted by atomic mass is 16.3. The molecule has 4 heteroatoms. The normalized spacial score (nSPS) is 21.0. The predicted molar refractivity (Wildman–Crippen MR) is 77.9 cm³/mol. The number of hydrogen-bond donors (Lipinski definition) is 0. The summed E-state index contributed by atoms with van der Waals surface area (Å²) in [7, 11) is 0. The van der Waals surface area contributed by atoms with Gasteiger partial charge in [0.25, 0.3) is 5.91 Å². The highest BCUT2D eigenvalue weighted by Gasteiger charge is 2.27. The molecule has 0 aromatic carbocycles. The molecule has 2 fully saturated rings. The number of carbonyl (C=O) groups excluding carboxylic acids is 1. The summed E-state index contributed by atoms with van der Waals surface area (Å²) in [6.07, 6.45) is 3.87. The van der Waals surface area contributed by atoms with Gasteiger partial charge in [0, 0.05) is 26.2 Å². The first kappa shape index (κ1) is 13.7. The lowest BCUT2D eigenvalue weighted by Crippen LogP contribution is -2.35. The Balaban J connectivity index is 1.62. The summed E-state index contributed by atoms with van der Waals surface area (Å²) in [4.78, 5) is 17.1. The van der Waals surface area contributed by atoms with Crippen LogP contribution < -0.4 is 0 Å². The highest BCUT2D eigenvalue weighted by molar-refractivity contribution is 5.95. The smallest absolute Gasteiger partial charge is 0.257 e. The molecule has 1 saturated heterocycles. The van der Waals surface area contributed by atoms with E-state index in [9.17, 15) is 4.79 Å². The molecule has 0 atom stereocenters. The van der Waals surface area contributed by atoms with Gasteiger partial charge in [0.1, 0.15) is 11.5 Å². The Morgan fingerprint density at radius 2 is 2.05 bits per heavy atom. The van der Waals surface area contributed by atoms with E-state index in [4.69, 9.17) is 4.42 Å². The van der Waals surface area contributed by atoms with Crippen LogP contribution in [-0.4, -0.2) is 48.4 Å². The van der Waals surface area contributed by atoms with Crippen molar-refractivity contribution >= 4 is 5.91 Å². The molecule has 1 aromatic rings. The monoisotopic (exact) mass is 276 g/mol. The molecule has 0 unspecified atom stereocenters. The summed E-state index contributed by atoms with van der Waals surface area (Å²) >= 11 is 0. The Labute approximate surface area is 120 Å². The lowest BCUT2D eigenvalue weighted by molar-refractivity contribution is 0.0759. The number of rotatable bonds is 3. The van der Waals surface area contributed by atoms with Crippen LogP contribution in [0.15, 0.2) is 10.5 Å². The minimum absolute atomic E-state index is 0.132. The van der Waals surface area contributed by atoms with E-state index in [-0.39, 0.29) is 5.91 Å². The van der Waals surface area contributed by atoms with Crippen molar-refractivity contribution in [1.29, 1.82) is 0 Å². The fourth-order valence-corrected chi connectivity index (χ4v) is 3.04. The lowest BCUT2D eigenvalue weighted by Gasteiger charge is -2.21. The summed E-state index contributed by atoms with van der Waals surface area (Å²) in [6.45, 7) is 8.84. The zero-order chi connectivity index (χ0) is 14.1. The van der Waals surface area contributed by atoms with Crippen LogP contribution in [0.3, 0.4) is 0 Å². The van der Waals surface area contributed by atoms with Gasteiger partial charge in [-0.2, -0.15) is 0 Å². The van der Waals surface area contributed by atoms with E-state index >= 15 is 0 Å². The van der Waals surface area contributed by atoms with Crippen LogP contribution in [0.4, 0.5) is 0 Å². The topological polar surface area (TPSA) is 36.7 Å². The van der Waals surface area contributed by atoms with Gasteiger partial charge >= 0.3 is 0 Å². The zero-order valence-electron chi connectivity index (χ0n) is 12.5. The van der Waals surface area contributed by atoms with E-state index in [1.54, 1.807) is 0 Å². The van der Waals surface area contributed by atoms with Gasteiger partial charge in [0.15, 0.2) is 0 Å². The number of aryl methyl sites for hydroxylation is 2. The molecule has 0 radical (unpaired) electrons. The van der Waals surface area contributed by atoms with E-state index in [0.29, 0.717) is 0 Å². The van der Waals surface area contributed by atoms with E-state index in [0.717, 1.165) is 55.6 Å². The van der Waals surface area contributed by atoms with E-state index in [1.807, 2.05) is 24.8 Å². The number of carbonyl (C=O) groups is 1. The second-order valence-corrected chi connectivity index (χ2v) is 6.22. The first-order valence-corrected chi connectivity index (χ1v) is 7.72. The van der Waals surface area contributed by atoms with Crippen LogP contribution in [-0.2, 0) is 0 Å². The van der Waals surface area contributed by atoms with Crippen molar-refractivity contribution in [3.05, 3.63) is 23.2 Å². The van der Waals surface area contributed by atoms with E-state index in [1.165, 1.54) is 19.4 Å². The number of furan rings is 1. The molecule has 2 heterocycles. The van der Waals surface area contributed by atoms with Crippen LogP contribution in [0.5, 0.6) is 0 Å². The standard InChI is InChI=1S/C16H24N2O2/c1-12-10-15(13(2)20-12)16(19)18-7-3-6-17(8-9-18)11-14-4-5-14/h10,14H,3-9,11H2,1-2H3. The molecular weight excluding hydrogens is 252 g/mol. The van der Waals surface area contributed by atoms with Crippen molar-refractivity contribution in [3.63, 3.8) is 0 Å². The van der Waals surface area contributed by atoms with Gasteiger partial charge in [-0.15, -0.1) is 0 Å². The first-order valence-electron chi connectivity index (χ1n) is 7.72. The fourth-order valence-electron chi connectivity index (χ4n) is 3.04. The SMILES string of the molecule is Cc1cc(C(=O)N2CCCN(CC3CC3)CC2)c(C)o1. The van der Waals surface area contributed by atoms with Gasteiger partial charge in [-0.25, -0.2) is 0 Å². The third-order valence-corrected chi connectivity index (χ3v) is 4.36. The molecule has 1 saturated carbocycles. The molecule has 110 valence electrons. The van der Waals surface area contributed by atoms with Gasteiger partial charge in [0.2, 0.25) is 0 Å². The molecule has 2 aliphatic rings. The third-order valence-electron chi connectivity index (χ3n) is 4.36. The van der Waals surface area contributed by atoms with E-state index in [2.05, 4.69) is 4.90 Å². The van der Waals surface area contributed by atoms with Gasteiger partial charge in [-0.05, 0) is 51.6 Å². The molecule has 0 spiro atoms. The molecule has 1 amide bonds. The molecule has 4 nitrogen and oxygen atoms in total. The fraction of sp³-hybridized carbons (Fsp3) is 0.688. The Kier molecular flexibility index (Phi) is 3.83. The lowest BCUT2D eigenvalue weighted by atomic mass is 10.2. The second-order valence-electron chi connectivity index (χ2n) is 6.22. The van der Waals surface area contributed by atoms with Crippen LogP contribution >= 0.6 is 0 Å². The van der Waals surface area contributed by atoms with Crippen molar-refractivity contribution in [2.75, 3.05) is 32.7 Å². The summed E-state index contributed by atoms with van der Waals surface area (Å²) in [5.41, 5.74) is 0.734. The van der Waals surface area contributed by atoms with Crippen LogP contribution in [0, 0.1) is 19.8 Å². The molecule has 1 aliphatic carbocycles. The Bertz CT molecular complexity index is 491. The molecule has 1 aliphatic heterocycles. The molecule has 3 rings (SSSR count). The second kappa shape index (κ2) is 5.60. The Morgan fingerprint density at radius 1 is 1.25 bits per heavy atom. The van der Waals surface area contributed by atoms with Crippen molar-refractivity contribution in [2.24, 2.45) is 5.92 Å². The van der Waals surface area contributed by atoms with E-state index < -0.39 is 0 Å². The largest absolute Gasteiger partial charge is 0.466 e. The highest BCUT2D eigenvalue weighted by Crippen LogP contribution is 2.30. The minimum atomic E-state index is 0.132. The van der Waals surface area contributed by atoms with Crippen LogP contribution in [0.2, 0.25) is 0 Å². The van der Waals surface area contributed by atoms with Crippen molar-refractivity contribution in [2.45, 2.75) is 33.1 Å². The molecule has 1 aromatic heterocycles. The molecular formula is C16H24N2O2. The summed E-state index contributed by atoms with van der Waals surface area (Å²) < 4.78 is 5.48. The maximum absolute atomic E-state index is 12.6. The van der Waals surface area contributed by atoms with Gasteiger partial charge in [0.05, 0.1) is 5.56 Å². The maximum Gasteiger partial charge on any atom is 0.257 e. The Morgan fingerprint density at radius 3 is 2.70 bits per heavy atom. The van der Waals surface area contributed by atoms with Crippen molar-refractivity contribution in [3.8, 4) is 0 Å². The van der Waals surface area contributed by atoms with Crippen LogP contribution in [0.1, 0.15) is 41.1 Å². The zero-order valence-corrected chi connectivity index (χ0v) is 12.5. The minimum Gasteiger partial charge on any atom is -0.466 e. The van der Waals surface area contributed by atoms with Gasteiger partial charge < -0.3 is 14.2 Å². The van der Waals surface area contributed by atoms with Gasteiger partial charge in [-0.1, -0.05) is 0 Å². The predicted octanol–water partition coefficient (Wildman–Crippen LogP) is 2.45. The van der Waals surface area contributed by atoms with Crippen molar-refractivity contribution in [1.82, 2.24) is 9.80 Å².